The van der Waals surface area contributed by atoms with Crippen molar-refractivity contribution in [3.05, 3.63) is 35.9 Å². The number of thioether (sulfide) groups is 1. The maximum absolute atomic E-state index is 12.5. The minimum Gasteiger partial charge on any atom is -0.372 e. The van der Waals surface area contributed by atoms with Crippen molar-refractivity contribution in [2.45, 2.75) is 50.6 Å². The van der Waals surface area contributed by atoms with E-state index >= 15 is 0 Å². The summed E-state index contributed by atoms with van der Waals surface area (Å²) in [5.74, 6) is 1.81. The number of carbonyl (C=O) groups excluding carboxylic acids is 1. The summed E-state index contributed by atoms with van der Waals surface area (Å²) in [5.41, 5.74) is 1.29. The summed E-state index contributed by atoms with van der Waals surface area (Å²) in [5, 5.41) is 6.52. The first kappa shape index (κ1) is 18.3. The Balaban J connectivity index is 1.80. The van der Waals surface area contributed by atoms with Gasteiger partial charge in [0.2, 0.25) is 5.91 Å². The van der Waals surface area contributed by atoms with Gasteiger partial charge in [0.1, 0.15) is 0 Å². The molecule has 0 aliphatic carbocycles. The SMILES string of the molecule is CCC(CC)NC(=O)C(CSCc1ccccc1)NCC1CO1. The Morgan fingerprint density at radius 3 is 2.61 bits per heavy atom. The van der Waals surface area contributed by atoms with Crippen molar-refractivity contribution in [2.75, 3.05) is 18.9 Å². The molecule has 1 aromatic rings. The van der Waals surface area contributed by atoms with Crippen molar-refractivity contribution >= 4 is 17.7 Å². The van der Waals surface area contributed by atoms with Crippen LogP contribution >= 0.6 is 11.8 Å². The van der Waals surface area contributed by atoms with E-state index in [1.54, 1.807) is 11.8 Å². The lowest BCUT2D eigenvalue weighted by Crippen LogP contribution is -2.49. The molecular weight excluding hydrogens is 308 g/mol. The second-order valence-electron chi connectivity index (χ2n) is 5.94. The number of hydrogen-bond donors (Lipinski definition) is 2. The predicted octanol–water partition coefficient (Wildman–Crippen LogP) is 2.58. The highest BCUT2D eigenvalue weighted by atomic mass is 32.2. The second kappa shape index (κ2) is 9.96. The van der Waals surface area contributed by atoms with Gasteiger partial charge in [0.15, 0.2) is 0 Å². The first-order chi connectivity index (χ1) is 11.2. The largest absolute Gasteiger partial charge is 0.372 e. The van der Waals surface area contributed by atoms with Gasteiger partial charge in [0, 0.05) is 24.1 Å². The van der Waals surface area contributed by atoms with Crippen molar-refractivity contribution in [1.82, 2.24) is 10.6 Å². The van der Waals surface area contributed by atoms with E-state index in [1.165, 1.54) is 5.56 Å². The van der Waals surface area contributed by atoms with E-state index in [0.717, 1.165) is 37.5 Å². The van der Waals surface area contributed by atoms with Gasteiger partial charge in [0.05, 0.1) is 18.8 Å². The first-order valence-electron chi connectivity index (χ1n) is 8.50. The summed E-state index contributed by atoms with van der Waals surface area (Å²) >= 11 is 1.79. The minimum absolute atomic E-state index is 0.111. The third-order valence-electron chi connectivity index (χ3n) is 4.04. The van der Waals surface area contributed by atoms with E-state index in [4.69, 9.17) is 4.74 Å². The van der Waals surface area contributed by atoms with E-state index in [2.05, 4.69) is 48.7 Å². The molecule has 0 aromatic heterocycles. The lowest BCUT2D eigenvalue weighted by molar-refractivity contribution is -0.123. The minimum atomic E-state index is -0.159. The Bertz CT molecular complexity index is 461. The molecule has 23 heavy (non-hydrogen) atoms. The Hall–Kier alpha value is -1.04. The van der Waals surface area contributed by atoms with Crippen LogP contribution in [0, 0.1) is 0 Å². The summed E-state index contributed by atoms with van der Waals surface area (Å²) in [7, 11) is 0. The van der Waals surface area contributed by atoms with Crippen molar-refractivity contribution < 1.29 is 9.53 Å². The molecule has 128 valence electrons. The van der Waals surface area contributed by atoms with Crippen molar-refractivity contribution in [3.63, 3.8) is 0 Å². The number of carbonyl (C=O) groups is 1. The standard InChI is InChI=1S/C18H28N2O2S/c1-3-15(4-2)20-18(21)17(19-10-16-11-22-16)13-23-12-14-8-6-5-7-9-14/h5-9,15-17,19H,3-4,10-13H2,1-2H3,(H,20,21). The maximum Gasteiger partial charge on any atom is 0.238 e. The van der Waals surface area contributed by atoms with Gasteiger partial charge in [-0.3, -0.25) is 4.79 Å². The van der Waals surface area contributed by atoms with Crippen LogP contribution in [-0.2, 0) is 15.3 Å². The molecule has 0 bridgehead atoms. The normalized spacial score (nSPS) is 18.0. The number of amides is 1. The quantitative estimate of drug-likeness (QED) is 0.610. The van der Waals surface area contributed by atoms with Crippen LogP contribution in [0.25, 0.3) is 0 Å². The Labute approximate surface area is 143 Å². The Morgan fingerprint density at radius 2 is 2.00 bits per heavy atom. The summed E-state index contributed by atoms with van der Waals surface area (Å²) in [6.45, 7) is 5.79. The van der Waals surface area contributed by atoms with Crippen LogP contribution in [0.5, 0.6) is 0 Å². The van der Waals surface area contributed by atoms with E-state index in [9.17, 15) is 4.79 Å². The molecule has 2 unspecified atom stereocenters. The zero-order valence-corrected chi connectivity index (χ0v) is 14.9. The van der Waals surface area contributed by atoms with Crippen LogP contribution in [0.1, 0.15) is 32.3 Å². The van der Waals surface area contributed by atoms with Gasteiger partial charge < -0.3 is 15.4 Å². The van der Waals surface area contributed by atoms with Gasteiger partial charge in [-0.2, -0.15) is 11.8 Å². The van der Waals surface area contributed by atoms with E-state index in [-0.39, 0.29) is 24.1 Å². The summed E-state index contributed by atoms with van der Waals surface area (Å²) in [6, 6.07) is 10.5. The average molecular weight is 337 g/mol. The molecule has 1 fully saturated rings. The van der Waals surface area contributed by atoms with E-state index in [0.29, 0.717) is 0 Å². The smallest absolute Gasteiger partial charge is 0.238 e. The highest BCUT2D eigenvalue weighted by Gasteiger charge is 2.26. The highest BCUT2D eigenvalue weighted by Crippen LogP contribution is 2.14. The van der Waals surface area contributed by atoms with Crippen molar-refractivity contribution in [3.8, 4) is 0 Å². The van der Waals surface area contributed by atoms with Gasteiger partial charge in [-0.25, -0.2) is 0 Å². The molecule has 1 aliphatic heterocycles. The van der Waals surface area contributed by atoms with Gasteiger partial charge in [-0.15, -0.1) is 0 Å². The van der Waals surface area contributed by atoms with Crippen LogP contribution in [0.15, 0.2) is 30.3 Å². The Morgan fingerprint density at radius 1 is 1.30 bits per heavy atom. The molecular formula is C18H28N2O2S. The van der Waals surface area contributed by atoms with Gasteiger partial charge in [-0.1, -0.05) is 44.2 Å². The first-order valence-corrected chi connectivity index (χ1v) is 9.65. The summed E-state index contributed by atoms with van der Waals surface area (Å²) < 4.78 is 5.23. The molecule has 2 N–H and O–H groups in total. The summed E-state index contributed by atoms with van der Waals surface area (Å²) in [6.07, 6.45) is 2.23. The lowest BCUT2D eigenvalue weighted by atomic mass is 10.1. The van der Waals surface area contributed by atoms with Gasteiger partial charge in [-0.05, 0) is 18.4 Å². The monoisotopic (exact) mass is 336 g/mol. The van der Waals surface area contributed by atoms with Crippen molar-refractivity contribution in [2.24, 2.45) is 0 Å². The van der Waals surface area contributed by atoms with Crippen LogP contribution in [0.2, 0.25) is 0 Å². The third kappa shape index (κ3) is 6.94. The molecule has 1 amide bonds. The fourth-order valence-corrected chi connectivity index (χ4v) is 3.40. The second-order valence-corrected chi connectivity index (χ2v) is 6.97. The fourth-order valence-electron chi connectivity index (χ4n) is 2.35. The van der Waals surface area contributed by atoms with Gasteiger partial charge in [0.25, 0.3) is 0 Å². The molecule has 4 nitrogen and oxygen atoms in total. The van der Waals surface area contributed by atoms with Crippen LogP contribution in [-0.4, -0.2) is 43.0 Å². The molecule has 5 heteroatoms. The maximum atomic E-state index is 12.5. The number of nitrogens with one attached hydrogen (secondary N) is 2. The van der Waals surface area contributed by atoms with Crippen molar-refractivity contribution in [1.29, 1.82) is 0 Å². The van der Waals surface area contributed by atoms with Gasteiger partial charge >= 0.3 is 0 Å². The number of epoxide rings is 1. The number of benzene rings is 1. The third-order valence-corrected chi connectivity index (χ3v) is 5.15. The fraction of sp³-hybridized carbons (Fsp3) is 0.611. The van der Waals surface area contributed by atoms with Crippen LogP contribution in [0.3, 0.4) is 0 Å². The predicted molar refractivity (Wildman–Crippen MR) is 96.6 cm³/mol. The molecule has 1 aliphatic rings. The summed E-state index contributed by atoms with van der Waals surface area (Å²) in [4.78, 5) is 12.5. The average Bonchev–Trinajstić information content (AvgIpc) is 3.40. The zero-order valence-electron chi connectivity index (χ0n) is 14.1. The molecule has 0 radical (unpaired) electrons. The van der Waals surface area contributed by atoms with E-state index < -0.39 is 0 Å². The van der Waals surface area contributed by atoms with E-state index in [1.807, 2.05) is 6.07 Å². The number of ether oxygens (including phenoxy) is 1. The topological polar surface area (TPSA) is 53.7 Å². The highest BCUT2D eigenvalue weighted by molar-refractivity contribution is 7.98. The number of rotatable bonds is 11. The number of hydrogen-bond acceptors (Lipinski definition) is 4. The molecule has 0 spiro atoms. The zero-order chi connectivity index (χ0) is 16.5. The lowest BCUT2D eigenvalue weighted by Gasteiger charge is -2.21. The molecule has 2 atom stereocenters. The van der Waals surface area contributed by atoms with Crippen LogP contribution in [0.4, 0.5) is 0 Å². The molecule has 1 aromatic carbocycles. The Kier molecular flexibility index (Phi) is 7.92. The molecule has 2 rings (SSSR count). The molecule has 1 heterocycles. The van der Waals surface area contributed by atoms with Crippen LogP contribution < -0.4 is 10.6 Å². The molecule has 1 saturated heterocycles. The molecule has 0 saturated carbocycles.